The number of halogens is 5. The lowest BCUT2D eigenvalue weighted by molar-refractivity contribution is 0.360. The third kappa shape index (κ3) is 3.52. The van der Waals surface area contributed by atoms with Crippen LogP contribution in [0.25, 0.3) is 0 Å². The highest BCUT2D eigenvalue weighted by Gasteiger charge is 2.40. The molecule has 3 rings (SSSR count). The Labute approximate surface area is 160 Å². The molecular formula is C20H14F5O2S+. The van der Waals surface area contributed by atoms with E-state index in [1.165, 1.54) is 38.5 Å². The van der Waals surface area contributed by atoms with Gasteiger partial charge in [-0.3, -0.25) is 0 Å². The van der Waals surface area contributed by atoms with Crippen LogP contribution >= 0.6 is 0 Å². The van der Waals surface area contributed by atoms with Crippen molar-refractivity contribution in [3.8, 4) is 11.5 Å². The van der Waals surface area contributed by atoms with Crippen molar-refractivity contribution in [3.05, 3.63) is 77.6 Å². The van der Waals surface area contributed by atoms with Crippen LogP contribution in [0.5, 0.6) is 11.5 Å². The molecule has 0 bridgehead atoms. The molecule has 0 aliphatic rings. The van der Waals surface area contributed by atoms with Crippen LogP contribution in [-0.2, 0) is 10.9 Å². The third-order valence-electron chi connectivity index (χ3n) is 3.96. The summed E-state index contributed by atoms with van der Waals surface area (Å²) in [4.78, 5) is -0.185. The second-order valence-electron chi connectivity index (χ2n) is 5.56. The second kappa shape index (κ2) is 8.10. The number of benzene rings is 3. The van der Waals surface area contributed by atoms with Crippen LogP contribution in [0.4, 0.5) is 22.0 Å². The van der Waals surface area contributed by atoms with Gasteiger partial charge in [0.1, 0.15) is 22.4 Å². The Balaban J connectivity index is 2.27. The van der Waals surface area contributed by atoms with Crippen LogP contribution in [0.2, 0.25) is 0 Å². The minimum Gasteiger partial charge on any atom is -0.497 e. The average molecular weight is 413 g/mol. The van der Waals surface area contributed by atoms with Crippen molar-refractivity contribution in [1.29, 1.82) is 0 Å². The third-order valence-corrected chi connectivity index (χ3v) is 6.22. The lowest BCUT2D eigenvalue weighted by Crippen LogP contribution is -2.14. The molecule has 0 saturated carbocycles. The maximum atomic E-state index is 14.6. The first-order chi connectivity index (χ1) is 13.4. The molecule has 0 unspecified atom stereocenters. The summed E-state index contributed by atoms with van der Waals surface area (Å²) in [5.74, 6) is -8.88. The van der Waals surface area contributed by atoms with Gasteiger partial charge in [0.2, 0.25) is 34.0 Å². The number of ether oxygens (including phenoxy) is 2. The zero-order valence-corrected chi connectivity index (χ0v) is 15.5. The maximum absolute atomic E-state index is 14.6. The fourth-order valence-corrected chi connectivity index (χ4v) is 4.66. The standard InChI is InChI=1S/C20H14F5O2S/c1-26-11-3-7-13(8-4-11)28(14-9-5-12(27-2)6-10-14)20-18(24)16(22)15(21)17(23)19(20)25/h3-10H,1-2H3/q+1. The van der Waals surface area contributed by atoms with Crippen molar-refractivity contribution in [2.45, 2.75) is 14.7 Å². The van der Waals surface area contributed by atoms with Crippen molar-refractivity contribution in [2.24, 2.45) is 0 Å². The fraction of sp³-hybridized carbons (Fsp3) is 0.100. The molecule has 146 valence electrons. The highest BCUT2D eigenvalue weighted by Crippen LogP contribution is 2.38. The highest BCUT2D eigenvalue weighted by atomic mass is 32.2. The molecule has 0 heterocycles. The zero-order chi connectivity index (χ0) is 20.4. The Hall–Kier alpha value is -2.74. The van der Waals surface area contributed by atoms with Gasteiger partial charge in [0.15, 0.2) is 9.79 Å². The molecule has 0 spiro atoms. The molecule has 0 aliphatic carbocycles. The molecule has 0 aliphatic heterocycles. The zero-order valence-electron chi connectivity index (χ0n) is 14.7. The maximum Gasteiger partial charge on any atom is 0.243 e. The molecule has 0 radical (unpaired) electrons. The minimum atomic E-state index is -2.19. The van der Waals surface area contributed by atoms with Crippen molar-refractivity contribution in [2.75, 3.05) is 14.2 Å². The molecule has 0 atom stereocenters. The van der Waals surface area contributed by atoms with Gasteiger partial charge in [-0.2, -0.15) is 8.78 Å². The quantitative estimate of drug-likeness (QED) is 0.238. The monoisotopic (exact) mass is 413 g/mol. The first-order valence-electron chi connectivity index (χ1n) is 7.92. The van der Waals surface area contributed by atoms with Crippen molar-refractivity contribution in [1.82, 2.24) is 0 Å². The topological polar surface area (TPSA) is 18.5 Å². The number of methoxy groups -OCH3 is 2. The van der Waals surface area contributed by atoms with Crippen molar-refractivity contribution >= 4 is 10.9 Å². The van der Waals surface area contributed by atoms with Crippen molar-refractivity contribution in [3.63, 3.8) is 0 Å². The van der Waals surface area contributed by atoms with E-state index in [0.29, 0.717) is 21.3 Å². The van der Waals surface area contributed by atoms with Gasteiger partial charge >= 0.3 is 0 Å². The van der Waals surface area contributed by atoms with Gasteiger partial charge in [-0.15, -0.1) is 0 Å². The SMILES string of the molecule is COc1ccc([S+](c2ccc(OC)cc2)c2c(F)c(F)c(F)c(F)c2F)cc1. The van der Waals surface area contributed by atoms with Gasteiger partial charge in [0, 0.05) is 0 Å². The van der Waals surface area contributed by atoms with Crippen LogP contribution in [0.15, 0.2) is 63.2 Å². The van der Waals surface area contributed by atoms with Gasteiger partial charge in [0.25, 0.3) is 0 Å². The fourth-order valence-electron chi connectivity index (χ4n) is 2.56. The molecular weight excluding hydrogens is 399 g/mol. The van der Waals surface area contributed by atoms with Gasteiger partial charge in [0.05, 0.1) is 14.2 Å². The largest absolute Gasteiger partial charge is 0.497 e. The predicted octanol–water partition coefficient (Wildman–Crippen LogP) is 5.49. The summed E-state index contributed by atoms with van der Waals surface area (Å²) in [7, 11) is 1.30. The van der Waals surface area contributed by atoms with E-state index in [1.54, 1.807) is 24.3 Å². The predicted molar refractivity (Wildman–Crippen MR) is 94.4 cm³/mol. The number of rotatable bonds is 5. The highest BCUT2D eigenvalue weighted by molar-refractivity contribution is 7.97. The first-order valence-corrected chi connectivity index (χ1v) is 9.15. The Morgan fingerprint density at radius 3 is 1.18 bits per heavy atom. The van der Waals surface area contributed by atoms with E-state index in [4.69, 9.17) is 9.47 Å². The summed E-state index contributed by atoms with van der Waals surface area (Å²) in [5, 5.41) is 0. The summed E-state index contributed by atoms with van der Waals surface area (Å²) >= 11 is 0. The van der Waals surface area contributed by atoms with Gasteiger partial charge in [-0.25, -0.2) is 13.2 Å². The molecule has 0 fully saturated rings. The van der Waals surface area contributed by atoms with Gasteiger partial charge < -0.3 is 9.47 Å². The molecule has 28 heavy (non-hydrogen) atoms. The molecule has 0 amide bonds. The van der Waals surface area contributed by atoms with E-state index in [1.807, 2.05) is 0 Å². The van der Waals surface area contributed by atoms with E-state index < -0.39 is 44.9 Å². The number of hydrogen-bond donors (Lipinski definition) is 0. The van der Waals surface area contributed by atoms with Crippen molar-refractivity contribution < 1.29 is 31.4 Å². The van der Waals surface area contributed by atoms with E-state index in [2.05, 4.69) is 0 Å². The summed E-state index contributed by atoms with van der Waals surface area (Å²) in [6.45, 7) is 0. The Morgan fingerprint density at radius 1 is 0.536 bits per heavy atom. The molecule has 0 aromatic heterocycles. The van der Waals surface area contributed by atoms with Crippen LogP contribution in [-0.4, -0.2) is 14.2 Å². The summed E-state index contributed by atoms with van der Waals surface area (Å²) in [6.07, 6.45) is 0. The molecule has 0 N–H and O–H groups in total. The lowest BCUT2D eigenvalue weighted by Gasteiger charge is -2.12. The molecule has 8 heteroatoms. The van der Waals surface area contributed by atoms with E-state index >= 15 is 0 Å². The second-order valence-corrected chi connectivity index (χ2v) is 7.52. The Kier molecular flexibility index (Phi) is 5.79. The molecule has 3 aromatic carbocycles. The van der Waals surface area contributed by atoms with Crippen LogP contribution in [0.3, 0.4) is 0 Å². The Morgan fingerprint density at radius 2 is 0.857 bits per heavy atom. The normalized spacial score (nSPS) is 11.0. The summed E-state index contributed by atoms with van der Waals surface area (Å²) in [5.41, 5.74) is 0. The minimum absolute atomic E-state index is 0.356. The van der Waals surface area contributed by atoms with E-state index in [9.17, 15) is 22.0 Å². The Bertz CT molecular complexity index is 914. The first kappa shape index (κ1) is 20.0. The van der Waals surface area contributed by atoms with Gasteiger partial charge in [-0.1, -0.05) is 0 Å². The molecule has 2 nitrogen and oxygen atoms in total. The summed E-state index contributed by atoms with van der Waals surface area (Å²) < 4.78 is 80.4. The summed E-state index contributed by atoms with van der Waals surface area (Å²) in [6, 6.07) is 12.3. The average Bonchev–Trinajstić information content (AvgIpc) is 2.74. The van der Waals surface area contributed by atoms with E-state index in [-0.39, 0.29) is 0 Å². The smallest absolute Gasteiger partial charge is 0.243 e. The molecule has 0 saturated heterocycles. The van der Waals surface area contributed by atoms with E-state index in [0.717, 1.165) is 0 Å². The lowest BCUT2D eigenvalue weighted by atomic mass is 10.3. The molecule has 3 aromatic rings. The van der Waals surface area contributed by atoms with Gasteiger partial charge in [-0.05, 0) is 48.5 Å². The van der Waals surface area contributed by atoms with Crippen LogP contribution in [0, 0.1) is 29.1 Å². The number of hydrogen-bond acceptors (Lipinski definition) is 2. The van der Waals surface area contributed by atoms with Crippen LogP contribution < -0.4 is 9.47 Å². The van der Waals surface area contributed by atoms with Crippen LogP contribution in [0.1, 0.15) is 0 Å².